The molecule has 0 saturated carbocycles. The summed E-state index contributed by atoms with van der Waals surface area (Å²) < 4.78 is 23.2. The van der Waals surface area contributed by atoms with Crippen LogP contribution in [0, 0.1) is 0 Å². The van der Waals surface area contributed by atoms with E-state index in [9.17, 15) is 8.42 Å². The van der Waals surface area contributed by atoms with Crippen LogP contribution in [0.5, 0.6) is 0 Å². The van der Waals surface area contributed by atoms with E-state index in [-0.39, 0.29) is 5.75 Å². The first-order valence-corrected chi connectivity index (χ1v) is 6.09. The van der Waals surface area contributed by atoms with Gasteiger partial charge in [-0.2, -0.15) is 0 Å². The molecule has 0 atom stereocenters. The molecule has 5 nitrogen and oxygen atoms in total. The van der Waals surface area contributed by atoms with Gasteiger partial charge in [0, 0.05) is 7.05 Å². The molecule has 0 amide bonds. The van der Waals surface area contributed by atoms with Crippen molar-refractivity contribution in [3.05, 3.63) is 11.6 Å². The third-order valence-electron chi connectivity index (χ3n) is 1.45. The molecule has 1 aromatic heterocycles. The highest BCUT2D eigenvalue weighted by Gasteiger charge is 2.07. The zero-order valence-corrected chi connectivity index (χ0v) is 9.45. The van der Waals surface area contributed by atoms with Crippen LogP contribution in [-0.4, -0.2) is 23.2 Å². The monoisotopic (exact) mass is 301 g/mol. The van der Waals surface area contributed by atoms with Gasteiger partial charge in [0.05, 0.1) is 4.43 Å². The fraction of sp³-hybridized carbons (Fsp3) is 0.600. The molecule has 1 heterocycles. The average molecular weight is 301 g/mol. The Morgan fingerprint density at radius 1 is 1.42 bits per heavy atom. The van der Waals surface area contributed by atoms with Gasteiger partial charge in [0.15, 0.2) is 0 Å². The van der Waals surface area contributed by atoms with E-state index in [1.807, 2.05) is 0 Å². The van der Waals surface area contributed by atoms with Gasteiger partial charge in [0.25, 0.3) is 0 Å². The Morgan fingerprint density at radius 2 is 2.00 bits per heavy atom. The van der Waals surface area contributed by atoms with Crippen LogP contribution in [0.25, 0.3) is 0 Å². The maximum atomic E-state index is 10.4. The summed E-state index contributed by atoms with van der Waals surface area (Å²) in [5.41, 5.74) is 0. The minimum Gasteiger partial charge on any atom is -0.317 e. The quantitative estimate of drug-likeness (QED) is 0.479. The van der Waals surface area contributed by atoms with Crippen LogP contribution < -0.4 is 0 Å². The van der Waals surface area contributed by atoms with Crippen LogP contribution >= 0.6 is 22.6 Å². The Kier molecular flexibility index (Phi) is 3.44. The van der Waals surface area contributed by atoms with Crippen LogP contribution in [-0.2, 0) is 27.9 Å². The predicted molar refractivity (Wildman–Crippen MR) is 52.7 cm³/mol. The molecule has 0 aromatic carbocycles. The molecule has 7 heteroatoms. The van der Waals surface area contributed by atoms with Crippen LogP contribution in [0.3, 0.4) is 0 Å². The molecular weight excluding hydrogens is 293 g/mol. The van der Waals surface area contributed by atoms with Gasteiger partial charge in [-0.1, -0.05) is 22.6 Å². The molecule has 0 bridgehead atoms. The topological polar surface area (TPSA) is 64.8 Å². The lowest BCUT2D eigenvalue weighted by molar-refractivity contribution is 0.611. The van der Waals surface area contributed by atoms with Gasteiger partial charge >= 0.3 is 0 Å². The number of thiol groups is 1. The smallest absolute Gasteiger partial charge is 0.147 e. The van der Waals surface area contributed by atoms with E-state index >= 15 is 0 Å². The number of aromatic nitrogens is 3. The molecule has 0 spiro atoms. The Morgan fingerprint density at radius 3 is 2.42 bits per heavy atom. The van der Waals surface area contributed by atoms with Crippen molar-refractivity contribution in [1.29, 1.82) is 0 Å². The molecule has 1 rings (SSSR count). The normalized spacial score (nSPS) is 10.9. The second-order valence-corrected chi connectivity index (χ2v) is 3.96. The lowest BCUT2D eigenvalue weighted by Gasteiger charge is -1.96. The zero-order valence-electron chi connectivity index (χ0n) is 6.40. The summed E-state index contributed by atoms with van der Waals surface area (Å²) in [6, 6.07) is 0. The van der Waals surface area contributed by atoms with Crippen LogP contribution in [0.2, 0.25) is 0 Å². The first kappa shape index (κ1) is 9.90. The minimum atomic E-state index is -2.41. The Hall–Kier alpha value is -0.180. The fourth-order valence-electron chi connectivity index (χ4n) is 0.768. The predicted octanol–water partition coefficient (Wildman–Crippen LogP) is -0.139. The summed E-state index contributed by atoms with van der Waals surface area (Å²) in [5.74, 6) is 1.26. The fourth-order valence-corrected chi connectivity index (χ4v) is 1.94. The third-order valence-corrected chi connectivity index (χ3v) is 2.67. The highest BCUT2D eigenvalue weighted by atomic mass is 127. The van der Waals surface area contributed by atoms with Gasteiger partial charge in [-0.05, 0) is 0 Å². The molecule has 0 aliphatic heterocycles. The van der Waals surface area contributed by atoms with Gasteiger partial charge in [-0.3, -0.25) is 0 Å². The second-order valence-electron chi connectivity index (χ2n) is 2.22. The molecule has 1 aromatic rings. The van der Waals surface area contributed by atoms with Crippen molar-refractivity contribution < 1.29 is 8.42 Å². The van der Waals surface area contributed by atoms with Crippen molar-refractivity contribution in [2.75, 3.05) is 0 Å². The lowest BCUT2D eigenvalue weighted by Crippen LogP contribution is -2.01. The molecule has 0 N–H and O–H groups in total. The van der Waals surface area contributed by atoms with Crippen molar-refractivity contribution in [3.63, 3.8) is 0 Å². The van der Waals surface area contributed by atoms with Crippen molar-refractivity contribution >= 4 is 33.3 Å². The summed E-state index contributed by atoms with van der Waals surface area (Å²) in [5, 5.41) is 7.58. The van der Waals surface area contributed by atoms with Gasteiger partial charge in [-0.15, -0.1) is 10.2 Å². The number of nitrogens with zero attached hydrogens (tertiary/aromatic N) is 3. The summed E-state index contributed by atoms with van der Waals surface area (Å²) in [7, 11) is -0.644. The summed E-state index contributed by atoms with van der Waals surface area (Å²) in [6.07, 6.45) is 0. The molecular formula is C5H8IN3O2S. The summed E-state index contributed by atoms with van der Waals surface area (Å²) in [4.78, 5) is 0. The highest BCUT2D eigenvalue weighted by Crippen LogP contribution is 2.04. The first-order valence-electron chi connectivity index (χ1n) is 3.20. The maximum Gasteiger partial charge on any atom is 0.147 e. The van der Waals surface area contributed by atoms with E-state index < -0.39 is 10.7 Å². The molecule has 0 aliphatic carbocycles. The second kappa shape index (κ2) is 4.17. The largest absolute Gasteiger partial charge is 0.317 e. The molecule has 0 fully saturated rings. The molecule has 0 radical (unpaired) electrons. The molecule has 0 saturated heterocycles. The van der Waals surface area contributed by atoms with E-state index in [2.05, 4.69) is 32.8 Å². The standard InChI is InChI=1S/C5H8IN3O2S/c1-9-4(2-6)7-8-5(9)3-12(10)11/h12H,2-3H2,1H3. The van der Waals surface area contributed by atoms with Crippen LogP contribution in [0.4, 0.5) is 0 Å². The summed E-state index contributed by atoms with van der Waals surface area (Å²) >= 11 is 2.15. The van der Waals surface area contributed by atoms with Gasteiger partial charge in [-0.25, -0.2) is 8.42 Å². The number of hydrogen-bond donors (Lipinski definition) is 1. The Balaban J connectivity index is 2.94. The Labute approximate surface area is 85.3 Å². The van der Waals surface area contributed by atoms with Gasteiger partial charge < -0.3 is 4.57 Å². The minimum absolute atomic E-state index is 0.0323. The molecule has 12 heavy (non-hydrogen) atoms. The number of rotatable bonds is 3. The third kappa shape index (κ3) is 2.16. The van der Waals surface area contributed by atoms with E-state index in [0.717, 1.165) is 10.3 Å². The maximum absolute atomic E-state index is 10.4. The number of halogens is 1. The summed E-state index contributed by atoms with van der Waals surface area (Å²) in [6.45, 7) is 0. The van der Waals surface area contributed by atoms with E-state index in [4.69, 9.17) is 0 Å². The van der Waals surface area contributed by atoms with E-state index in [1.54, 1.807) is 11.6 Å². The SMILES string of the molecule is Cn1c(CI)nnc1C[SH](=O)=O. The number of hydrogen-bond acceptors (Lipinski definition) is 4. The van der Waals surface area contributed by atoms with Crippen molar-refractivity contribution in [2.45, 2.75) is 10.2 Å². The van der Waals surface area contributed by atoms with E-state index in [1.165, 1.54) is 0 Å². The van der Waals surface area contributed by atoms with Crippen LogP contribution in [0.15, 0.2) is 0 Å². The molecule has 68 valence electrons. The zero-order chi connectivity index (χ0) is 9.14. The van der Waals surface area contributed by atoms with Crippen LogP contribution in [0.1, 0.15) is 11.6 Å². The van der Waals surface area contributed by atoms with Crippen molar-refractivity contribution in [1.82, 2.24) is 14.8 Å². The highest BCUT2D eigenvalue weighted by molar-refractivity contribution is 14.1. The Bertz CT molecular complexity index is 338. The van der Waals surface area contributed by atoms with Crippen molar-refractivity contribution in [2.24, 2.45) is 7.05 Å². The molecule has 0 unspecified atom stereocenters. The first-order chi connectivity index (χ1) is 5.65. The average Bonchev–Trinajstić information content (AvgIpc) is 2.32. The van der Waals surface area contributed by atoms with Gasteiger partial charge in [0.1, 0.15) is 28.1 Å². The molecule has 0 aliphatic rings. The van der Waals surface area contributed by atoms with Gasteiger partial charge in [0.2, 0.25) is 0 Å². The van der Waals surface area contributed by atoms with Crippen molar-refractivity contribution in [3.8, 4) is 0 Å². The number of alkyl halides is 1. The lowest BCUT2D eigenvalue weighted by atomic mass is 10.6. The van der Waals surface area contributed by atoms with E-state index in [0.29, 0.717) is 5.82 Å².